The van der Waals surface area contributed by atoms with Crippen molar-refractivity contribution in [3.8, 4) is 0 Å². The molecule has 16 heteroatoms. The van der Waals surface area contributed by atoms with Crippen LogP contribution in [0, 0.1) is 214 Å². The Morgan fingerprint density at radius 2 is 0.647 bits per heavy atom. The van der Waals surface area contributed by atoms with E-state index in [1.165, 1.54) is 173 Å². The van der Waals surface area contributed by atoms with E-state index in [2.05, 4.69) is 130 Å². The van der Waals surface area contributed by atoms with E-state index in [0.29, 0.717) is 79.5 Å². The summed E-state index contributed by atoms with van der Waals surface area (Å²) in [7, 11) is 0. The highest BCUT2D eigenvalue weighted by Gasteiger charge is 2.75. The van der Waals surface area contributed by atoms with Crippen LogP contribution in [0.15, 0.2) is 18.7 Å². The maximum Gasteiger partial charge on any atom is 0.268 e. The Labute approximate surface area is 810 Å². The molecule has 3 N–H and O–H groups in total. The molecule has 0 aromatic carbocycles. The van der Waals surface area contributed by atoms with E-state index in [9.17, 15) is 20.1 Å². The third-order valence-electron chi connectivity index (χ3n) is 50.4. The molecule has 4 aliphatic heterocycles. The fourth-order valence-electron chi connectivity index (χ4n) is 43.4. The van der Waals surface area contributed by atoms with Crippen molar-refractivity contribution in [3.05, 3.63) is 18.7 Å². The summed E-state index contributed by atoms with van der Waals surface area (Å²) in [6.45, 7) is 53.3. The monoisotopic (exact) mass is 1860 g/mol. The number of ether oxygens (including phenoxy) is 9. The van der Waals surface area contributed by atoms with Crippen LogP contribution >= 0.6 is 12.2 Å². The molecule has 24 aliphatic rings. The highest BCUT2D eigenvalue weighted by Crippen LogP contribution is 2.78. The van der Waals surface area contributed by atoms with Crippen LogP contribution in [-0.2, 0) is 47.4 Å². The normalized spacial score (nSPS) is 55.1. The Morgan fingerprint density at radius 1 is 0.346 bits per heavy atom. The van der Waals surface area contributed by atoms with Gasteiger partial charge in [-0.1, -0.05) is 124 Å². The predicted octanol–water partition coefficient (Wildman–Crippen LogP) is 25.5. The number of thiocarbonyl (C=S) groups is 1. The lowest BCUT2D eigenvalue weighted by molar-refractivity contribution is -0.251. The van der Waals surface area contributed by atoms with Crippen LogP contribution in [0.2, 0.25) is 0 Å². The van der Waals surface area contributed by atoms with Gasteiger partial charge in [0.2, 0.25) is 0 Å². The first kappa shape index (κ1) is 97.4. The Bertz CT molecular complexity index is 4250. The largest absolute Gasteiger partial charge is 0.470 e. The van der Waals surface area contributed by atoms with E-state index < -0.39 is 16.8 Å². The van der Waals surface area contributed by atoms with Gasteiger partial charge in [-0.25, -0.2) is 4.98 Å². The van der Waals surface area contributed by atoms with Crippen molar-refractivity contribution in [3.63, 3.8) is 0 Å². The van der Waals surface area contributed by atoms with Gasteiger partial charge in [0.1, 0.15) is 12.1 Å². The number of rotatable bonds is 2. The summed E-state index contributed by atoms with van der Waals surface area (Å²) in [6, 6.07) is 0. The van der Waals surface area contributed by atoms with E-state index in [1.807, 2.05) is 17.7 Å². The average Bonchev–Trinajstić information content (AvgIpc) is 1.62. The van der Waals surface area contributed by atoms with Gasteiger partial charge in [0, 0.05) is 71.6 Å². The Morgan fingerprint density at radius 3 is 0.992 bits per heavy atom. The molecule has 15 nitrogen and oxygen atoms in total. The average molecular weight is 1860 g/mol. The molecule has 4 spiro atoms. The number of Topliss-reactive ketones (excluding diaryl/α,β-unsaturated/α-hetero) is 1. The second-order valence-corrected chi connectivity index (χ2v) is 56.7. The first-order chi connectivity index (χ1) is 62.9. The molecule has 0 amide bonds. The third-order valence-corrected chi connectivity index (χ3v) is 50.7. The third kappa shape index (κ3) is 15.1. The summed E-state index contributed by atoms with van der Waals surface area (Å²) in [4.78, 5) is 16.6. The van der Waals surface area contributed by atoms with Gasteiger partial charge in [0.05, 0.1) is 76.3 Å². The van der Waals surface area contributed by atoms with Gasteiger partial charge >= 0.3 is 0 Å². The molecule has 1 aromatic heterocycles. The SMILES string of the molecule is C[C@@H]1C[C@@H]2[C@H](CC[C@@]3(C)[C@H]2CCC32OCCO2)[C@@]2(C)CCC(C)(O)C[C@H]12.C[C@@H]1C[C@@H]2[C@H](CC[C@@]3(C)[C@H]2CCC32OCCO2)[C@@]2(C)CCC(C)(O)C[C@H]12.C[C@@H]1C[C@@H]2[C@H](CC[C@]3(C)C(=O)CC[C@@H]23)[C@@]2(C)CCC(C)(O)C[C@H]12.C[C@H]1CC[C@@]2(C)[C@H](C1)[C@H](C)C[C@@H]1[C@@H]2CC[C@@]2(C)[C@H]1CCC21OCCO1.C[C@H]1CC[C@@]2(C)[C@H](C1)[C@H](COC(=S)n1ccnc1)C[C@@H]1[C@@H]2CC[C@@]2(C)[C@H]1CCC21OCCO1. The van der Waals surface area contributed by atoms with E-state index in [0.717, 1.165) is 261 Å². The molecular formula is C117H188N2O13S. The second-order valence-electron chi connectivity index (χ2n) is 56.4. The number of nitrogens with zero attached hydrogens (tertiary/aromatic N) is 2. The van der Waals surface area contributed by atoms with Crippen LogP contribution in [0.5, 0.6) is 0 Å². The number of aromatic nitrogens is 2. The summed E-state index contributed by atoms with van der Waals surface area (Å²) >= 11 is 5.58. The van der Waals surface area contributed by atoms with Gasteiger partial charge in [-0.3, -0.25) is 9.36 Å². The smallest absolute Gasteiger partial charge is 0.268 e. The first-order valence-electron chi connectivity index (χ1n) is 56.8. The fourth-order valence-corrected chi connectivity index (χ4v) is 43.6. The number of carbonyl (C=O) groups excluding carboxylic acids is 1. The highest BCUT2D eigenvalue weighted by atomic mass is 32.1. The molecule has 0 radical (unpaired) electrons. The van der Waals surface area contributed by atoms with E-state index in [4.69, 9.17) is 54.8 Å². The fraction of sp³-hybridized carbons (Fsp3) is 0.957. The predicted molar refractivity (Wildman–Crippen MR) is 526 cm³/mol. The lowest BCUT2D eigenvalue weighted by Crippen LogP contribution is -2.59. The molecule has 25 rings (SSSR count). The van der Waals surface area contributed by atoms with Gasteiger partial charge in [-0.15, -0.1) is 0 Å². The van der Waals surface area contributed by atoms with Crippen molar-refractivity contribution in [2.75, 3.05) is 59.5 Å². The van der Waals surface area contributed by atoms with Crippen LogP contribution < -0.4 is 0 Å². The molecule has 133 heavy (non-hydrogen) atoms. The zero-order valence-electron chi connectivity index (χ0n) is 87.2. The van der Waals surface area contributed by atoms with Crippen LogP contribution in [0.4, 0.5) is 0 Å². The summed E-state index contributed by atoms with van der Waals surface area (Å²) in [5, 5.41) is 32.6. The summed E-state index contributed by atoms with van der Waals surface area (Å²) in [5.41, 5.74) is 1.68. The highest BCUT2D eigenvalue weighted by molar-refractivity contribution is 7.80. The van der Waals surface area contributed by atoms with Crippen molar-refractivity contribution in [1.29, 1.82) is 0 Å². The number of hydrogen-bond acceptors (Lipinski definition) is 15. The Kier molecular flexibility index (Phi) is 25.1. The quantitative estimate of drug-likeness (QED) is 0.238. The molecule has 750 valence electrons. The van der Waals surface area contributed by atoms with Gasteiger partial charge in [0.15, 0.2) is 23.1 Å². The second kappa shape index (κ2) is 34.2. The van der Waals surface area contributed by atoms with Gasteiger partial charge in [-0.05, 0) is 432 Å². The maximum atomic E-state index is 12.5. The lowest BCUT2D eigenvalue weighted by atomic mass is 9.42. The maximum absolute atomic E-state index is 12.5. The number of fused-ring (bicyclic) bond motifs is 29. The van der Waals surface area contributed by atoms with E-state index >= 15 is 0 Å². The number of aliphatic hydroxyl groups is 3. The van der Waals surface area contributed by atoms with Crippen molar-refractivity contribution >= 4 is 23.2 Å². The molecule has 20 aliphatic carbocycles. The minimum atomic E-state index is -0.461. The minimum Gasteiger partial charge on any atom is -0.470 e. The van der Waals surface area contributed by atoms with Crippen molar-refractivity contribution in [2.45, 2.75) is 428 Å². The molecule has 1 aromatic rings. The molecule has 24 fully saturated rings. The number of hydrogen-bond donors (Lipinski definition) is 3. The Hall–Kier alpha value is -1.67. The topological polar surface area (TPSA) is 179 Å². The molecule has 3 unspecified atom stereocenters. The van der Waals surface area contributed by atoms with E-state index in [-0.39, 0.29) is 50.2 Å². The minimum absolute atomic E-state index is 0.00968. The molecule has 40 atom stereocenters. The summed E-state index contributed by atoms with van der Waals surface area (Å²) in [5.74, 6) is 20.4. The van der Waals surface area contributed by atoms with Crippen LogP contribution in [0.3, 0.4) is 0 Å². The number of ketones is 1. The van der Waals surface area contributed by atoms with Gasteiger partial charge in [-0.2, -0.15) is 0 Å². The molecule has 20 saturated carbocycles. The molecule has 5 heterocycles. The van der Waals surface area contributed by atoms with Crippen LogP contribution in [0.25, 0.3) is 0 Å². The number of carbonyl (C=O) groups is 1. The van der Waals surface area contributed by atoms with Crippen molar-refractivity contribution in [1.82, 2.24) is 9.55 Å². The zero-order chi connectivity index (χ0) is 93.7. The van der Waals surface area contributed by atoms with Crippen molar-refractivity contribution < 1.29 is 62.7 Å². The molecule has 0 bridgehead atoms. The molecule has 4 saturated heterocycles. The molecular weight excluding hydrogens is 1670 g/mol. The summed E-state index contributed by atoms with van der Waals surface area (Å²) < 4.78 is 58.6. The Balaban J connectivity index is 0.000000101. The van der Waals surface area contributed by atoms with Crippen LogP contribution in [-0.4, -0.2) is 135 Å². The number of imidazole rings is 1. The van der Waals surface area contributed by atoms with E-state index in [1.54, 1.807) is 12.5 Å². The van der Waals surface area contributed by atoms with Gasteiger partial charge < -0.3 is 58.0 Å². The lowest BCUT2D eigenvalue weighted by Gasteiger charge is -2.64. The zero-order valence-corrected chi connectivity index (χ0v) is 88.0. The van der Waals surface area contributed by atoms with Crippen LogP contribution in [0.1, 0.15) is 388 Å². The first-order valence-corrected chi connectivity index (χ1v) is 57.2. The summed E-state index contributed by atoms with van der Waals surface area (Å²) in [6.07, 6.45) is 54.4. The van der Waals surface area contributed by atoms with Crippen molar-refractivity contribution in [2.24, 2.45) is 214 Å². The standard InChI is InChI=1S/C27H40N2O3S.2C23H38O3.C23H38O2.C21H34O2/c1-18-4-7-25(2)21-5-8-26(3)22(6-9-27(26)31-12-13-32-27)20(21)15-19(23(25)14-18)16-30-24(33)29-11-10-28-17-29;2*1-15-13-16-17(21(3)10-9-20(2,24)14-19(15)21)5-7-22(4)18(16)6-8-23(22)25-11-12-26-23;1-15-5-8-21(3)18-6-9-22(4)19(7-10-23(22)24-11-12-25-23)17(18)14-16(2)20(21)13-15;1-13-11-14-15-5-6-18(22)21(15,4)8-7-16(14)20(3)10-9-19(2,23)12-17(13)20/h10-11,17-23H,4-9,12-16H2,1-3H3;2*15-19,24H,5-14H2,1-4H3;15-20H,5-14H2,1-4H3;13-17,23H,5-12H2,1-4H3/t18-,19-,20+,21-,22-,23+,25+,26-;2*15-,16-,17+,18+,19-,20?,21-,22+;15-,16+,17+,18-,19-,20+,21+,22-;13-,14+,15+,16+,17-,19?,20-,21+/m01101/s1. The van der Waals surface area contributed by atoms with Gasteiger partial charge in [0.25, 0.3) is 5.17 Å².